The van der Waals surface area contributed by atoms with E-state index in [0.29, 0.717) is 31.0 Å². The summed E-state index contributed by atoms with van der Waals surface area (Å²) >= 11 is 0. The predicted octanol–water partition coefficient (Wildman–Crippen LogP) is 2.72. The fraction of sp³-hybridized carbons (Fsp3) is 0.400. The molecule has 0 aliphatic carbocycles. The molecule has 2 amide bonds. The van der Waals surface area contributed by atoms with Crippen LogP contribution in [0.2, 0.25) is 0 Å². The van der Waals surface area contributed by atoms with Crippen LogP contribution >= 0.6 is 0 Å². The zero-order valence-electron chi connectivity index (χ0n) is 17.0. The van der Waals surface area contributed by atoms with Crippen molar-refractivity contribution < 1.29 is 17.6 Å². The van der Waals surface area contributed by atoms with Crippen molar-refractivity contribution >= 4 is 27.4 Å². The van der Waals surface area contributed by atoms with E-state index in [2.05, 4.69) is 20.5 Å². The van der Waals surface area contributed by atoms with Crippen LogP contribution in [-0.4, -0.2) is 61.1 Å². The number of aromatic nitrogens is 1. The Morgan fingerprint density at radius 1 is 1.23 bits per heavy atom. The van der Waals surface area contributed by atoms with Gasteiger partial charge in [0.05, 0.1) is 18.1 Å². The van der Waals surface area contributed by atoms with Crippen molar-refractivity contribution in [3.8, 4) is 0 Å². The summed E-state index contributed by atoms with van der Waals surface area (Å²) in [4.78, 5) is 18.2. The number of sulfonamides is 1. The normalized spacial score (nSPS) is 15.9. The lowest BCUT2D eigenvalue weighted by Gasteiger charge is -2.35. The summed E-state index contributed by atoms with van der Waals surface area (Å²) in [5, 5.41) is 5.28. The fourth-order valence-electron chi connectivity index (χ4n) is 3.51. The maximum Gasteiger partial charge on any atom is 0.323 e. The lowest BCUT2D eigenvalue weighted by Crippen LogP contribution is -2.44. The molecule has 0 saturated carbocycles. The number of nitrogens with one attached hydrogen (secondary N) is 2. The number of carbonyl (C=O) groups is 1. The molecule has 0 unspecified atom stereocenters. The first-order valence-electron chi connectivity index (χ1n) is 9.63. The van der Waals surface area contributed by atoms with Crippen LogP contribution in [0.5, 0.6) is 0 Å². The second-order valence-corrected chi connectivity index (χ2v) is 9.50. The number of carbonyl (C=O) groups excluding carboxylic acids is 1. The number of anilines is 2. The Bertz CT molecular complexity index is 979. The van der Waals surface area contributed by atoms with Crippen LogP contribution in [0.25, 0.3) is 0 Å². The Morgan fingerprint density at radius 2 is 1.93 bits per heavy atom. The van der Waals surface area contributed by atoms with Crippen molar-refractivity contribution in [3.63, 3.8) is 0 Å². The quantitative estimate of drug-likeness (QED) is 0.728. The van der Waals surface area contributed by atoms with E-state index in [1.165, 1.54) is 28.9 Å². The van der Waals surface area contributed by atoms with Crippen LogP contribution in [0.15, 0.2) is 42.7 Å². The van der Waals surface area contributed by atoms with Crippen LogP contribution in [0, 0.1) is 5.82 Å². The number of pyridine rings is 1. The Morgan fingerprint density at radius 3 is 2.57 bits per heavy atom. The van der Waals surface area contributed by atoms with Gasteiger partial charge in [-0.3, -0.25) is 9.88 Å². The van der Waals surface area contributed by atoms with Crippen LogP contribution in [0.3, 0.4) is 0 Å². The molecule has 0 bridgehead atoms. The number of nitrogens with zero attached hydrogens (tertiary/aromatic N) is 3. The Balaban J connectivity index is 1.57. The molecule has 10 heteroatoms. The number of rotatable bonds is 6. The topological polar surface area (TPSA) is 94.6 Å². The van der Waals surface area contributed by atoms with Gasteiger partial charge in [0.15, 0.2) is 0 Å². The highest BCUT2D eigenvalue weighted by Crippen LogP contribution is 2.21. The average Bonchev–Trinajstić information content (AvgIpc) is 2.67. The van der Waals surface area contributed by atoms with Gasteiger partial charge in [0.1, 0.15) is 5.82 Å². The maximum atomic E-state index is 14.1. The van der Waals surface area contributed by atoms with Crippen molar-refractivity contribution in [1.29, 1.82) is 0 Å². The molecule has 2 aromatic rings. The van der Waals surface area contributed by atoms with Gasteiger partial charge < -0.3 is 10.6 Å². The molecule has 162 valence electrons. The highest BCUT2D eigenvalue weighted by atomic mass is 32.2. The van der Waals surface area contributed by atoms with E-state index < -0.39 is 21.9 Å². The molecule has 1 aliphatic heterocycles. The molecular formula is C20H26FN5O3S. The second kappa shape index (κ2) is 9.50. The number of piperidine rings is 1. The molecule has 0 spiro atoms. The summed E-state index contributed by atoms with van der Waals surface area (Å²) in [6.45, 7) is 1.95. The van der Waals surface area contributed by atoms with Gasteiger partial charge in [-0.25, -0.2) is 21.9 Å². The number of amides is 2. The third-order valence-electron chi connectivity index (χ3n) is 5.14. The van der Waals surface area contributed by atoms with E-state index in [1.807, 2.05) is 0 Å². The van der Waals surface area contributed by atoms with Crippen LogP contribution in [0.1, 0.15) is 18.4 Å². The van der Waals surface area contributed by atoms with Gasteiger partial charge in [-0.15, -0.1) is 0 Å². The van der Waals surface area contributed by atoms with Gasteiger partial charge in [0.2, 0.25) is 10.0 Å². The lowest BCUT2D eigenvalue weighted by atomic mass is 10.0. The summed E-state index contributed by atoms with van der Waals surface area (Å²) in [5.74, 6) is -0.434. The number of urea groups is 1. The first-order valence-corrected chi connectivity index (χ1v) is 11.5. The van der Waals surface area contributed by atoms with E-state index in [-0.39, 0.29) is 6.04 Å². The molecule has 30 heavy (non-hydrogen) atoms. The first kappa shape index (κ1) is 22.1. The zero-order chi connectivity index (χ0) is 21.7. The van der Waals surface area contributed by atoms with Crippen molar-refractivity contribution in [3.05, 3.63) is 54.1 Å². The SMILES string of the molecule is CN(C1CCN(Cc2cc(F)cc(NC(=O)Nc3cccnc3)c2)CC1)S(C)(=O)=O. The van der Waals surface area contributed by atoms with Gasteiger partial charge in [0, 0.05) is 44.6 Å². The van der Waals surface area contributed by atoms with Gasteiger partial charge in [-0.2, -0.15) is 0 Å². The van der Waals surface area contributed by atoms with Gasteiger partial charge in [0.25, 0.3) is 0 Å². The molecule has 0 atom stereocenters. The third kappa shape index (κ3) is 6.22. The van der Waals surface area contributed by atoms with Crippen LogP contribution in [-0.2, 0) is 16.6 Å². The maximum absolute atomic E-state index is 14.1. The monoisotopic (exact) mass is 435 g/mol. The molecule has 3 rings (SSSR count). The molecule has 1 saturated heterocycles. The largest absolute Gasteiger partial charge is 0.323 e. The van der Waals surface area contributed by atoms with E-state index in [9.17, 15) is 17.6 Å². The van der Waals surface area contributed by atoms with Crippen LogP contribution < -0.4 is 10.6 Å². The van der Waals surface area contributed by atoms with E-state index in [1.54, 1.807) is 31.4 Å². The molecule has 2 heterocycles. The lowest BCUT2D eigenvalue weighted by molar-refractivity contribution is 0.164. The summed E-state index contributed by atoms with van der Waals surface area (Å²) in [6.07, 6.45) is 5.77. The van der Waals surface area contributed by atoms with Gasteiger partial charge >= 0.3 is 6.03 Å². The fourth-order valence-corrected chi connectivity index (χ4v) is 4.27. The smallest absolute Gasteiger partial charge is 0.308 e. The minimum Gasteiger partial charge on any atom is -0.308 e. The summed E-state index contributed by atoms with van der Waals surface area (Å²) in [5.41, 5.74) is 1.63. The minimum absolute atomic E-state index is 0.0165. The first-order chi connectivity index (χ1) is 14.2. The number of halogens is 1. The van der Waals surface area contributed by atoms with Crippen molar-refractivity contribution in [2.45, 2.75) is 25.4 Å². The number of likely N-dealkylation sites (tertiary alicyclic amines) is 1. The minimum atomic E-state index is -3.21. The summed E-state index contributed by atoms with van der Waals surface area (Å²) in [6, 6.07) is 7.35. The summed E-state index contributed by atoms with van der Waals surface area (Å²) in [7, 11) is -1.60. The molecule has 2 N–H and O–H groups in total. The highest BCUT2D eigenvalue weighted by molar-refractivity contribution is 7.88. The Labute approximate surface area is 176 Å². The number of benzene rings is 1. The van der Waals surface area contributed by atoms with Crippen molar-refractivity contribution in [2.75, 3.05) is 37.0 Å². The van der Waals surface area contributed by atoms with Crippen molar-refractivity contribution in [2.24, 2.45) is 0 Å². The molecule has 1 aliphatic rings. The Hall–Kier alpha value is -2.56. The zero-order valence-corrected chi connectivity index (χ0v) is 17.8. The predicted molar refractivity (Wildman–Crippen MR) is 114 cm³/mol. The van der Waals surface area contributed by atoms with Crippen LogP contribution in [0.4, 0.5) is 20.6 Å². The number of hydrogen-bond acceptors (Lipinski definition) is 5. The van der Waals surface area contributed by atoms with Crippen molar-refractivity contribution in [1.82, 2.24) is 14.2 Å². The molecule has 8 nitrogen and oxygen atoms in total. The third-order valence-corrected chi connectivity index (χ3v) is 6.48. The van der Waals surface area contributed by atoms with E-state index >= 15 is 0 Å². The second-order valence-electron chi connectivity index (χ2n) is 7.46. The average molecular weight is 436 g/mol. The molecule has 1 aromatic heterocycles. The molecule has 0 radical (unpaired) electrons. The molecule has 1 aromatic carbocycles. The van der Waals surface area contributed by atoms with Gasteiger partial charge in [-0.05, 0) is 48.7 Å². The standard InChI is InChI=1S/C20H26FN5O3S/c1-25(30(2,28)29)19-5-8-26(9-6-19)14-15-10-16(21)12-18(11-15)24-20(27)23-17-4-3-7-22-13-17/h3-4,7,10-13,19H,5-6,8-9,14H2,1-2H3,(H2,23,24,27). The van der Waals surface area contributed by atoms with E-state index in [0.717, 1.165) is 18.4 Å². The highest BCUT2D eigenvalue weighted by Gasteiger charge is 2.27. The summed E-state index contributed by atoms with van der Waals surface area (Å²) < 4.78 is 38.9. The Kier molecular flexibility index (Phi) is 7.01. The van der Waals surface area contributed by atoms with Gasteiger partial charge in [-0.1, -0.05) is 0 Å². The molecular weight excluding hydrogens is 409 g/mol. The van der Waals surface area contributed by atoms with E-state index in [4.69, 9.17) is 0 Å². The molecule has 1 fully saturated rings. The number of hydrogen-bond donors (Lipinski definition) is 2.